The van der Waals surface area contributed by atoms with Crippen LogP contribution >= 0.6 is 0 Å². The number of pyridine rings is 1. The van der Waals surface area contributed by atoms with Gasteiger partial charge in [0.15, 0.2) is 0 Å². The molecule has 1 aliphatic heterocycles. The van der Waals surface area contributed by atoms with Crippen LogP contribution in [0.5, 0.6) is 5.88 Å². The summed E-state index contributed by atoms with van der Waals surface area (Å²) >= 11 is 0. The molecule has 0 radical (unpaired) electrons. The number of carboxylic acid groups (broad SMARTS) is 1. The summed E-state index contributed by atoms with van der Waals surface area (Å²) in [5, 5.41) is 12.2. The van der Waals surface area contributed by atoms with Gasteiger partial charge in [0.2, 0.25) is 5.88 Å². The lowest BCUT2D eigenvalue weighted by atomic mass is 10.2. The molecule has 1 aromatic rings. The van der Waals surface area contributed by atoms with Crippen molar-refractivity contribution in [1.82, 2.24) is 10.3 Å². The Morgan fingerprint density at radius 1 is 1.69 bits per heavy atom. The Hall–Kier alpha value is -1.62. The first-order chi connectivity index (χ1) is 7.77. The van der Waals surface area contributed by atoms with Crippen LogP contribution in [-0.2, 0) is 0 Å². The molecule has 86 valence electrons. The Morgan fingerprint density at radius 2 is 2.56 bits per heavy atom. The topological polar surface area (TPSA) is 71.5 Å². The minimum absolute atomic E-state index is 0.112. The van der Waals surface area contributed by atoms with E-state index in [1.54, 1.807) is 6.07 Å². The minimum atomic E-state index is -1.01. The summed E-state index contributed by atoms with van der Waals surface area (Å²) in [4.78, 5) is 14.8. The van der Waals surface area contributed by atoms with E-state index in [0.29, 0.717) is 12.6 Å². The maximum absolute atomic E-state index is 10.9. The Morgan fingerprint density at radius 3 is 3.25 bits per heavy atom. The van der Waals surface area contributed by atoms with Crippen molar-refractivity contribution in [2.45, 2.75) is 18.9 Å². The molecular weight excluding hydrogens is 208 g/mol. The first-order valence-electron chi connectivity index (χ1n) is 5.32. The predicted molar refractivity (Wildman–Crippen MR) is 57.7 cm³/mol. The van der Waals surface area contributed by atoms with Gasteiger partial charge in [0.05, 0.1) is 0 Å². The van der Waals surface area contributed by atoms with Gasteiger partial charge in [-0.15, -0.1) is 0 Å². The maximum Gasteiger partial charge on any atom is 0.341 e. The monoisotopic (exact) mass is 222 g/mol. The Kier molecular flexibility index (Phi) is 3.36. The van der Waals surface area contributed by atoms with Crippen molar-refractivity contribution < 1.29 is 14.6 Å². The molecule has 2 rings (SSSR count). The van der Waals surface area contributed by atoms with E-state index in [1.807, 2.05) is 0 Å². The summed E-state index contributed by atoms with van der Waals surface area (Å²) < 4.78 is 5.43. The van der Waals surface area contributed by atoms with Crippen molar-refractivity contribution in [3.05, 3.63) is 23.9 Å². The van der Waals surface area contributed by atoms with Gasteiger partial charge in [-0.3, -0.25) is 0 Å². The number of rotatable bonds is 4. The largest absolute Gasteiger partial charge is 0.477 e. The highest BCUT2D eigenvalue weighted by molar-refractivity contribution is 5.90. The highest BCUT2D eigenvalue weighted by Gasteiger charge is 2.17. The smallest absolute Gasteiger partial charge is 0.341 e. The number of hydrogen-bond donors (Lipinski definition) is 2. The Labute approximate surface area is 93.5 Å². The van der Waals surface area contributed by atoms with Gasteiger partial charge in [-0.2, -0.15) is 0 Å². The first kappa shape index (κ1) is 10.9. The van der Waals surface area contributed by atoms with Crippen LogP contribution in [0.3, 0.4) is 0 Å². The van der Waals surface area contributed by atoms with E-state index >= 15 is 0 Å². The van der Waals surface area contributed by atoms with Crippen LogP contribution < -0.4 is 10.1 Å². The molecule has 1 saturated heterocycles. The summed E-state index contributed by atoms with van der Waals surface area (Å²) in [7, 11) is 0. The van der Waals surface area contributed by atoms with Crippen LogP contribution in [0.2, 0.25) is 0 Å². The Bertz CT molecular complexity index is 375. The molecule has 2 N–H and O–H groups in total. The molecule has 2 heterocycles. The second-order valence-corrected chi connectivity index (χ2v) is 3.77. The minimum Gasteiger partial charge on any atom is -0.477 e. The molecule has 0 aromatic carbocycles. The van der Waals surface area contributed by atoms with E-state index in [0.717, 1.165) is 19.4 Å². The number of nitrogens with one attached hydrogen (secondary N) is 1. The van der Waals surface area contributed by atoms with Crippen LogP contribution in [0.15, 0.2) is 18.3 Å². The summed E-state index contributed by atoms with van der Waals surface area (Å²) in [6, 6.07) is 3.39. The average molecular weight is 222 g/mol. The molecule has 0 unspecified atom stereocenters. The van der Waals surface area contributed by atoms with Crippen LogP contribution in [0.4, 0.5) is 0 Å². The fourth-order valence-electron chi connectivity index (χ4n) is 1.75. The van der Waals surface area contributed by atoms with Gasteiger partial charge in [0.1, 0.15) is 12.2 Å². The molecule has 0 aliphatic carbocycles. The summed E-state index contributed by atoms with van der Waals surface area (Å²) in [6.07, 6.45) is 3.74. The lowest BCUT2D eigenvalue weighted by molar-refractivity contribution is 0.0690. The van der Waals surface area contributed by atoms with Gasteiger partial charge in [0, 0.05) is 12.2 Å². The molecule has 1 atom stereocenters. The fourth-order valence-corrected chi connectivity index (χ4v) is 1.75. The van der Waals surface area contributed by atoms with Gasteiger partial charge in [-0.05, 0) is 31.5 Å². The normalized spacial score (nSPS) is 19.6. The highest BCUT2D eigenvalue weighted by Crippen LogP contribution is 2.15. The molecule has 1 aromatic heterocycles. The van der Waals surface area contributed by atoms with Crippen LogP contribution in [-0.4, -0.2) is 35.3 Å². The SMILES string of the molecule is O=C(O)c1cccnc1OC[C@@H]1CCCN1. The van der Waals surface area contributed by atoms with Crippen molar-refractivity contribution >= 4 is 5.97 Å². The molecule has 0 amide bonds. The third kappa shape index (κ3) is 2.49. The maximum atomic E-state index is 10.9. The van der Waals surface area contributed by atoms with Crippen molar-refractivity contribution in [1.29, 1.82) is 0 Å². The zero-order chi connectivity index (χ0) is 11.4. The average Bonchev–Trinajstić information content (AvgIpc) is 2.79. The summed E-state index contributed by atoms with van der Waals surface area (Å²) in [6.45, 7) is 1.47. The molecule has 1 fully saturated rings. The third-order valence-electron chi connectivity index (χ3n) is 2.59. The van der Waals surface area contributed by atoms with E-state index in [2.05, 4.69) is 10.3 Å². The molecule has 5 heteroatoms. The molecular formula is C11H14N2O3. The first-order valence-corrected chi connectivity index (χ1v) is 5.32. The molecule has 0 spiro atoms. The summed E-state index contributed by atoms with van der Waals surface area (Å²) in [5.74, 6) is -0.814. The van der Waals surface area contributed by atoms with Crippen LogP contribution in [0.25, 0.3) is 0 Å². The molecule has 5 nitrogen and oxygen atoms in total. The number of aromatic carboxylic acids is 1. The summed E-state index contributed by atoms with van der Waals surface area (Å²) in [5.41, 5.74) is 0.112. The van der Waals surface area contributed by atoms with E-state index in [4.69, 9.17) is 9.84 Å². The highest BCUT2D eigenvalue weighted by atomic mass is 16.5. The molecule has 16 heavy (non-hydrogen) atoms. The van der Waals surface area contributed by atoms with E-state index in [-0.39, 0.29) is 11.4 Å². The van der Waals surface area contributed by atoms with Gasteiger partial charge >= 0.3 is 5.97 Å². The number of ether oxygens (including phenoxy) is 1. The standard InChI is InChI=1S/C11H14N2O3/c14-11(15)9-4-2-6-13-10(9)16-7-8-3-1-5-12-8/h2,4,6,8,12H,1,3,5,7H2,(H,14,15)/t8-/m0/s1. The molecule has 0 bridgehead atoms. The second kappa shape index (κ2) is 4.94. The zero-order valence-corrected chi connectivity index (χ0v) is 8.85. The number of aromatic nitrogens is 1. The van der Waals surface area contributed by atoms with Crippen molar-refractivity contribution in [3.8, 4) is 5.88 Å². The lowest BCUT2D eigenvalue weighted by Crippen LogP contribution is -2.28. The lowest BCUT2D eigenvalue weighted by Gasteiger charge is -2.12. The molecule has 0 saturated carbocycles. The van der Waals surface area contributed by atoms with E-state index < -0.39 is 5.97 Å². The number of carbonyl (C=O) groups is 1. The van der Waals surface area contributed by atoms with Gasteiger partial charge in [-0.1, -0.05) is 0 Å². The predicted octanol–water partition coefficient (Wildman–Crippen LogP) is 0.911. The zero-order valence-electron chi connectivity index (χ0n) is 8.85. The van der Waals surface area contributed by atoms with Gasteiger partial charge in [-0.25, -0.2) is 9.78 Å². The quantitative estimate of drug-likeness (QED) is 0.792. The van der Waals surface area contributed by atoms with Gasteiger partial charge in [0.25, 0.3) is 0 Å². The fraction of sp³-hybridized carbons (Fsp3) is 0.455. The van der Waals surface area contributed by atoms with Crippen molar-refractivity contribution in [2.75, 3.05) is 13.2 Å². The van der Waals surface area contributed by atoms with Crippen molar-refractivity contribution in [2.24, 2.45) is 0 Å². The third-order valence-corrected chi connectivity index (χ3v) is 2.59. The molecule has 1 aliphatic rings. The van der Waals surface area contributed by atoms with Crippen LogP contribution in [0.1, 0.15) is 23.2 Å². The second-order valence-electron chi connectivity index (χ2n) is 3.77. The van der Waals surface area contributed by atoms with E-state index in [9.17, 15) is 4.79 Å². The number of hydrogen-bond acceptors (Lipinski definition) is 4. The van der Waals surface area contributed by atoms with Crippen molar-refractivity contribution in [3.63, 3.8) is 0 Å². The number of carboxylic acids is 1. The Balaban J connectivity index is 2.00. The van der Waals surface area contributed by atoms with E-state index in [1.165, 1.54) is 12.3 Å². The number of nitrogens with zero attached hydrogens (tertiary/aromatic N) is 1. The van der Waals surface area contributed by atoms with Gasteiger partial charge < -0.3 is 15.2 Å². The van der Waals surface area contributed by atoms with Crippen LogP contribution in [0, 0.1) is 0 Å².